The number of ether oxygens (including phenoxy) is 1. The average molecular weight is 416 g/mol. The van der Waals surface area contributed by atoms with Crippen LogP contribution in [0.4, 0.5) is 5.69 Å². The van der Waals surface area contributed by atoms with Gasteiger partial charge in [0.1, 0.15) is 22.4 Å². The van der Waals surface area contributed by atoms with Crippen molar-refractivity contribution in [1.82, 2.24) is 9.97 Å². The number of rotatable bonds is 6. The van der Waals surface area contributed by atoms with Gasteiger partial charge in [-0.05, 0) is 36.2 Å². The van der Waals surface area contributed by atoms with E-state index in [-0.39, 0.29) is 5.91 Å². The molecule has 1 aromatic heterocycles. The first-order valence-corrected chi connectivity index (χ1v) is 10.4. The maximum Gasteiger partial charge on any atom is 0.242 e. The number of benzene rings is 3. The Bertz CT molecular complexity index is 1180. The van der Waals surface area contributed by atoms with Gasteiger partial charge in [0.05, 0.1) is 18.3 Å². The third kappa shape index (κ3) is 4.28. The molecule has 0 aliphatic heterocycles. The number of para-hydroxylation sites is 1. The lowest BCUT2D eigenvalue weighted by atomic mass is 10.1. The van der Waals surface area contributed by atoms with Crippen LogP contribution in [0.5, 0.6) is 5.75 Å². The fourth-order valence-corrected chi connectivity index (χ4v) is 4.29. The fourth-order valence-electron chi connectivity index (χ4n) is 3.20. The van der Waals surface area contributed by atoms with E-state index in [4.69, 9.17) is 4.74 Å². The van der Waals surface area contributed by atoms with Gasteiger partial charge in [0.25, 0.3) is 0 Å². The van der Waals surface area contributed by atoms with Crippen molar-refractivity contribution >= 4 is 34.3 Å². The second-order valence-electron chi connectivity index (χ2n) is 6.80. The molecule has 0 unspecified atom stereocenters. The number of carbonyl (C=O) groups is 1. The lowest BCUT2D eigenvalue weighted by Crippen LogP contribution is -2.19. The summed E-state index contributed by atoms with van der Waals surface area (Å²) in [6, 6.07) is 23.2. The Morgan fingerprint density at radius 1 is 1.00 bits per heavy atom. The number of fused-ring (bicyclic) bond motifs is 1. The molecule has 1 amide bonds. The van der Waals surface area contributed by atoms with E-state index in [1.165, 1.54) is 18.1 Å². The zero-order valence-electron chi connectivity index (χ0n) is 16.7. The summed E-state index contributed by atoms with van der Waals surface area (Å²) in [6.45, 7) is 1.98. The van der Waals surface area contributed by atoms with E-state index in [0.29, 0.717) is 11.4 Å². The number of amides is 1. The molecule has 0 aliphatic rings. The van der Waals surface area contributed by atoms with Crippen molar-refractivity contribution in [3.8, 4) is 5.75 Å². The maximum atomic E-state index is 13.4. The van der Waals surface area contributed by atoms with Crippen LogP contribution in [0.2, 0.25) is 0 Å². The molecule has 30 heavy (non-hydrogen) atoms. The molecular formula is C24H21N3O2S. The van der Waals surface area contributed by atoms with Crippen molar-refractivity contribution in [1.29, 1.82) is 0 Å². The van der Waals surface area contributed by atoms with Crippen molar-refractivity contribution in [2.75, 3.05) is 12.4 Å². The van der Waals surface area contributed by atoms with Crippen molar-refractivity contribution < 1.29 is 9.53 Å². The highest BCUT2D eigenvalue weighted by molar-refractivity contribution is 8.00. The number of aryl methyl sites for hydroxylation is 1. The first-order chi connectivity index (χ1) is 14.7. The highest BCUT2D eigenvalue weighted by atomic mass is 32.2. The second-order valence-corrected chi connectivity index (χ2v) is 7.89. The van der Waals surface area contributed by atoms with Gasteiger partial charge in [0, 0.05) is 5.39 Å². The molecule has 0 aliphatic carbocycles. The Morgan fingerprint density at radius 2 is 1.77 bits per heavy atom. The van der Waals surface area contributed by atoms with Crippen LogP contribution in [0, 0.1) is 6.92 Å². The summed E-state index contributed by atoms with van der Waals surface area (Å²) in [5.41, 5.74) is 3.44. The number of anilines is 1. The topological polar surface area (TPSA) is 64.1 Å². The van der Waals surface area contributed by atoms with Crippen LogP contribution in [0.3, 0.4) is 0 Å². The number of hydrogen-bond acceptors (Lipinski definition) is 5. The minimum atomic E-state index is -0.491. The molecule has 4 aromatic rings. The highest BCUT2D eigenvalue weighted by Gasteiger charge is 2.24. The second kappa shape index (κ2) is 8.97. The normalized spacial score (nSPS) is 11.8. The van der Waals surface area contributed by atoms with E-state index in [1.54, 1.807) is 7.11 Å². The Balaban J connectivity index is 1.70. The number of thioether (sulfide) groups is 1. The number of methoxy groups -OCH3 is 1. The van der Waals surface area contributed by atoms with Crippen LogP contribution in [0.15, 0.2) is 84.1 Å². The minimum Gasteiger partial charge on any atom is -0.495 e. The molecular weight excluding hydrogens is 394 g/mol. The molecule has 150 valence electrons. The smallest absolute Gasteiger partial charge is 0.242 e. The van der Waals surface area contributed by atoms with E-state index in [9.17, 15) is 4.79 Å². The van der Waals surface area contributed by atoms with Crippen molar-refractivity contribution in [3.05, 3.63) is 90.3 Å². The standard InChI is InChI=1S/C24H21N3O2S/c1-16-12-13-21(29-2)20(14-16)27-23(28)22(17-8-4-3-5-9-17)30-24-18-10-6-7-11-19(18)25-15-26-24/h3-15,22H,1-2H3,(H,27,28)/t22-/m0/s1. The van der Waals surface area contributed by atoms with Gasteiger partial charge in [-0.15, -0.1) is 0 Å². The number of carbonyl (C=O) groups excluding carboxylic acids is 1. The largest absolute Gasteiger partial charge is 0.495 e. The highest BCUT2D eigenvalue weighted by Crippen LogP contribution is 2.38. The van der Waals surface area contributed by atoms with Gasteiger partial charge >= 0.3 is 0 Å². The predicted octanol–water partition coefficient (Wildman–Crippen LogP) is 5.42. The number of hydrogen-bond donors (Lipinski definition) is 1. The van der Waals surface area contributed by atoms with Crippen LogP contribution >= 0.6 is 11.8 Å². The first kappa shape index (κ1) is 19.9. The van der Waals surface area contributed by atoms with Gasteiger partial charge < -0.3 is 10.1 Å². The Kier molecular flexibility index (Phi) is 5.95. The zero-order chi connectivity index (χ0) is 20.9. The molecule has 0 fully saturated rings. The zero-order valence-corrected chi connectivity index (χ0v) is 17.5. The summed E-state index contributed by atoms with van der Waals surface area (Å²) >= 11 is 1.41. The fraction of sp³-hybridized carbons (Fsp3) is 0.125. The summed E-state index contributed by atoms with van der Waals surface area (Å²) < 4.78 is 5.42. The Hall–Kier alpha value is -3.38. The van der Waals surface area contributed by atoms with Crippen LogP contribution < -0.4 is 10.1 Å². The first-order valence-electron chi connectivity index (χ1n) is 9.52. The van der Waals surface area contributed by atoms with Crippen molar-refractivity contribution in [2.45, 2.75) is 17.2 Å². The predicted molar refractivity (Wildman–Crippen MR) is 121 cm³/mol. The maximum absolute atomic E-state index is 13.4. The summed E-state index contributed by atoms with van der Waals surface area (Å²) in [4.78, 5) is 22.2. The Morgan fingerprint density at radius 3 is 2.57 bits per heavy atom. The monoisotopic (exact) mass is 415 g/mol. The van der Waals surface area contributed by atoms with Gasteiger partial charge in [-0.2, -0.15) is 0 Å². The van der Waals surface area contributed by atoms with Gasteiger partial charge in [-0.25, -0.2) is 9.97 Å². The third-order valence-electron chi connectivity index (χ3n) is 4.69. The lowest BCUT2D eigenvalue weighted by molar-refractivity contribution is -0.115. The van der Waals surface area contributed by atoms with E-state index in [2.05, 4.69) is 15.3 Å². The Labute approximate surface area is 179 Å². The molecule has 0 spiro atoms. The van der Waals surface area contributed by atoms with Gasteiger partial charge in [0.2, 0.25) is 5.91 Å². The van der Waals surface area contributed by atoms with E-state index < -0.39 is 5.25 Å². The molecule has 1 N–H and O–H groups in total. The molecule has 3 aromatic carbocycles. The molecule has 4 rings (SSSR count). The summed E-state index contributed by atoms with van der Waals surface area (Å²) in [5, 5.41) is 4.24. The number of nitrogens with zero attached hydrogens (tertiary/aromatic N) is 2. The number of aromatic nitrogens is 2. The molecule has 0 saturated heterocycles. The lowest BCUT2D eigenvalue weighted by Gasteiger charge is -2.18. The average Bonchev–Trinajstić information content (AvgIpc) is 2.78. The summed E-state index contributed by atoms with van der Waals surface area (Å²) in [5.74, 6) is 0.482. The van der Waals surface area contributed by atoms with Crippen LogP contribution in [0.25, 0.3) is 10.9 Å². The van der Waals surface area contributed by atoms with E-state index in [1.807, 2.05) is 79.7 Å². The molecule has 1 heterocycles. The summed E-state index contributed by atoms with van der Waals surface area (Å²) in [7, 11) is 1.59. The van der Waals surface area contributed by atoms with Gasteiger partial charge in [0.15, 0.2) is 0 Å². The van der Waals surface area contributed by atoms with Gasteiger partial charge in [-0.1, -0.05) is 66.4 Å². The SMILES string of the molecule is COc1ccc(C)cc1NC(=O)[C@@H](Sc1ncnc2ccccc12)c1ccccc1. The molecule has 5 nitrogen and oxygen atoms in total. The van der Waals surface area contributed by atoms with Crippen LogP contribution in [0.1, 0.15) is 16.4 Å². The molecule has 0 saturated carbocycles. The number of nitrogens with one attached hydrogen (secondary N) is 1. The van der Waals surface area contributed by atoms with Crippen molar-refractivity contribution in [2.24, 2.45) is 0 Å². The molecule has 6 heteroatoms. The molecule has 0 bridgehead atoms. The molecule has 1 atom stereocenters. The van der Waals surface area contributed by atoms with E-state index >= 15 is 0 Å². The van der Waals surface area contributed by atoms with Crippen LogP contribution in [-0.2, 0) is 4.79 Å². The molecule has 0 radical (unpaired) electrons. The van der Waals surface area contributed by atoms with E-state index in [0.717, 1.165) is 27.1 Å². The summed E-state index contributed by atoms with van der Waals surface area (Å²) in [6.07, 6.45) is 1.54. The quantitative estimate of drug-likeness (QED) is 0.337. The van der Waals surface area contributed by atoms with Crippen LogP contribution in [-0.4, -0.2) is 23.0 Å². The van der Waals surface area contributed by atoms with Gasteiger partial charge in [-0.3, -0.25) is 4.79 Å². The van der Waals surface area contributed by atoms with Crippen molar-refractivity contribution in [3.63, 3.8) is 0 Å². The third-order valence-corrected chi connectivity index (χ3v) is 5.96. The minimum absolute atomic E-state index is 0.141.